The predicted molar refractivity (Wildman–Crippen MR) is 68.3 cm³/mol. The smallest absolute Gasteiger partial charge is 0.142 e. The van der Waals surface area contributed by atoms with Gasteiger partial charge in [-0.1, -0.05) is 6.07 Å². The van der Waals surface area contributed by atoms with Crippen LogP contribution in [0.4, 0.5) is 5.69 Å². The third-order valence-electron chi connectivity index (χ3n) is 2.44. The van der Waals surface area contributed by atoms with Crippen molar-refractivity contribution in [3.05, 3.63) is 42.0 Å². The first kappa shape index (κ1) is 11.5. The minimum atomic E-state index is 0.663. The molecular formula is C13H17N3O. The van der Waals surface area contributed by atoms with Gasteiger partial charge in [0.15, 0.2) is 0 Å². The van der Waals surface area contributed by atoms with Gasteiger partial charge in [-0.25, -0.2) is 4.98 Å². The Labute approximate surface area is 101 Å². The van der Waals surface area contributed by atoms with Crippen molar-refractivity contribution in [2.45, 2.75) is 20.4 Å². The van der Waals surface area contributed by atoms with Crippen LogP contribution in [0.25, 0.3) is 0 Å². The molecule has 1 aromatic carbocycles. The maximum Gasteiger partial charge on any atom is 0.142 e. The Bertz CT molecular complexity index is 466. The molecule has 0 aliphatic rings. The highest BCUT2D eigenvalue weighted by atomic mass is 16.5. The molecule has 0 saturated carbocycles. The number of nitrogens with one attached hydrogen (secondary N) is 2. The zero-order chi connectivity index (χ0) is 12.1. The van der Waals surface area contributed by atoms with Gasteiger partial charge < -0.3 is 15.0 Å². The van der Waals surface area contributed by atoms with Gasteiger partial charge in [0.1, 0.15) is 11.6 Å². The number of benzene rings is 1. The number of hydrogen-bond donors (Lipinski definition) is 2. The van der Waals surface area contributed by atoms with Crippen molar-refractivity contribution >= 4 is 5.69 Å². The Morgan fingerprint density at radius 3 is 3.00 bits per heavy atom. The van der Waals surface area contributed by atoms with Crippen LogP contribution in [0.5, 0.6) is 5.75 Å². The number of hydrogen-bond acceptors (Lipinski definition) is 3. The summed E-state index contributed by atoms with van der Waals surface area (Å²) in [5.74, 6) is 1.80. The Morgan fingerprint density at radius 1 is 1.41 bits per heavy atom. The van der Waals surface area contributed by atoms with Crippen LogP contribution in [-0.4, -0.2) is 16.6 Å². The second-order valence-corrected chi connectivity index (χ2v) is 3.82. The minimum absolute atomic E-state index is 0.663. The highest BCUT2D eigenvalue weighted by Gasteiger charge is 2.03. The number of H-pyrrole nitrogens is 1. The molecule has 2 aromatic rings. The van der Waals surface area contributed by atoms with E-state index < -0.39 is 0 Å². The molecule has 0 unspecified atom stereocenters. The zero-order valence-electron chi connectivity index (χ0n) is 10.2. The molecule has 0 spiro atoms. The first-order valence-corrected chi connectivity index (χ1v) is 5.75. The molecule has 2 N–H and O–H groups in total. The van der Waals surface area contributed by atoms with Gasteiger partial charge in [-0.15, -0.1) is 0 Å². The lowest BCUT2D eigenvalue weighted by atomic mass is 10.2. The quantitative estimate of drug-likeness (QED) is 0.831. The average molecular weight is 231 g/mol. The molecule has 1 aromatic heterocycles. The molecule has 1 heterocycles. The fraction of sp³-hybridized carbons (Fsp3) is 0.308. The lowest BCUT2D eigenvalue weighted by Crippen LogP contribution is -2.04. The van der Waals surface area contributed by atoms with Gasteiger partial charge in [-0.3, -0.25) is 0 Å². The molecular weight excluding hydrogens is 214 g/mol. The van der Waals surface area contributed by atoms with Crippen LogP contribution in [0.3, 0.4) is 0 Å². The number of anilines is 1. The van der Waals surface area contributed by atoms with Crippen molar-refractivity contribution in [3.8, 4) is 5.75 Å². The SMILES string of the molecule is CCOc1cc(C)ccc1NCc1ncc[nH]1. The Balaban J connectivity index is 2.08. The van der Waals surface area contributed by atoms with Crippen molar-refractivity contribution in [1.82, 2.24) is 9.97 Å². The summed E-state index contributed by atoms with van der Waals surface area (Å²) >= 11 is 0. The van der Waals surface area contributed by atoms with Gasteiger partial charge in [-0.2, -0.15) is 0 Å². The number of aryl methyl sites for hydroxylation is 1. The third-order valence-corrected chi connectivity index (χ3v) is 2.44. The number of imidazole rings is 1. The van der Waals surface area contributed by atoms with Crippen LogP contribution in [0.15, 0.2) is 30.6 Å². The Morgan fingerprint density at radius 2 is 2.29 bits per heavy atom. The summed E-state index contributed by atoms with van der Waals surface area (Å²) in [6.07, 6.45) is 3.56. The first-order chi connectivity index (χ1) is 8.29. The lowest BCUT2D eigenvalue weighted by Gasteiger charge is -2.12. The van der Waals surface area contributed by atoms with Crippen LogP contribution in [0.2, 0.25) is 0 Å². The third kappa shape index (κ3) is 3.00. The van der Waals surface area contributed by atoms with E-state index >= 15 is 0 Å². The minimum Gasteiger partial charge on any atom is -0.492 e. The topological polar surface area (TPSA) is 49.9 Å². The number of rotatable bonds is 5. The van der Waals surface area contributed by atoms with Crippen LogP contribution in [0.1, 0.15) is 18.3 Å². The van der Waals surface area contributed by atoms with Gasteiger partial charge in [0.2, 0.25) is 0 Å². The zero-order valence-corrected chi connectivity index (χ0v) is 10.2. The standard InChI is InChI=1S/C13H17N3O/c1-3-17-12-8-10(2)4-5-11(12)16-9-13-14-6-7-15-13/h4-8,16H,3,9H2,1-2H3,(H,14,15). The molecule has 0 atom stereocenters. The fourth-order valence-electron chi connectivity index (χ4n) is 1.62. The monoisotopic (exact) mass is 231 g/mol. The largest absolute Gasteiger partial charge is 0.492 e. The molecule has 0 saturated heterocycles. The number of ether oxygens (including phenoxy) is 1. The molecule has 17 heavy (non-hydrogen) atoms. The van der Waals surface area contributed by atoms with E-state index in [0.717, 1.165) is 17.3 Å². The van der Waals surface area contributed by atoms with E-state index in [1.807, 2.05) is 25.3 Å². The van der Waals surface area contributed by atoms with Crippen molar-refractivity contribution < 1.29 is 4.74 Å². The molecule has 4 heteroatoms. The van der Waals surface area contributed by atoms with Gasteiger partial charge in [0, 0.05) is 12.4 Å². The van der Waals surface area contributed by atoms with Crippen LogP contribution < -0.4 is 10.1 Å². The van der Waals surface area contributed by atoms with E-state index in [-0.39, 0.29) is 0 Å². The summed E-state index contributed by atoms with van der Waals surface area (Å²) in [6, 6.07) is 6.13. The van der Waals surface area contributed by atoms with Gasteiger partial charge in [-0.05, 0) is 31.5 Å². The summed E-state index contributed by atoms with van der Waals surface area (Å²) < 4.78 is 5.59. The van der Waals surface area contributed by atoms with Gasteiger partial charge in [0.05, 0.1) is 18.8 Å². The molecule has 0 radical (unpaired) electrons. The summed E-state index contributed by atoms with van der Waals surface area (Å²) in [7, 11) is 0. The fourth-order valence-corrected chi connectivity index (χ4v) is 1.62. The molecule has 0 amide bonds. The van der Waals surface area contributed by atoms with Crippen molar-refractivity contribution in [1.29, 1.82) is 0 Å². The number of aromatic amines is 1. The maximum atomic E-state index is 5.59. The van der Waals surface area contributed by atoms with Crippen molar-refractivity contribution in [2.75, 3.05) is 11.9 Å². The molecule has 90 valence electrons. The molecule has 0 bridgehead atoms. The second-order valence-electron chi connectivity index (χ2n) is 3.82. The van der Waals surface area contributed by atoms with E-state index in [4.69, 9.17) is 4.74 Å². The lowest BCUT2D eigenvalue weighted by molar-refractivity contribution is 0.341. The van der Waals surface area contributed by atoms with E-state index in [9.17, 15) is 0 Å². The van der Waals surface area contributed by atoms with E-state index in [1.54, 1.807) is 6.20 Å². The van der Waals surface area contributed by atoms with Crippen LogP contribution >= 0.6 is 0 Å². The Kier molecular flexibility index (Phi) is 3.65. The molecule has 0 aliphatic carbocycles. The van der Waals surface area contributed by atoms with E-state index in [2.05, 4.69) is 28.3 Å². The highest BCUT2D eigenvalue weighted by Crippen LogP contribution is 2.25. The van der Waals surface area contributed by atoms with Crippen molar-refractivity contribution in [2.24, 2.45) is 0 Å². The normalized spacial score (nSPS) is 10.2. The molecule has 2 rings (SSSR count). The summed E-state index contributed by atoms with van der Waals surface area (Å²) in [5, 5.41) is 3.31. The van der Waals surface area contributed by atoms with Crippen molar-refractivity contribution in [3.63, 3.8) is 0 Å². The summed E-state index contributed by atoms with van der Waals surface area (Å²) in [4.78, 5) is 7.22. The number of aromatic nitrogens is 2. The summed E-state index contributed by atoms with van der Waals surface area (Å²) in [6.45, 7) is 5.37. The average Bonchev–Trinajstić information content (AvgIpc) is 2.81. The molecule has 0 aliphatic heterocycles. The van der Waals surface area contributed by atoms with E-state index in [1.165, 1.54) is 5.56 Å². The molecule has 0 fully saturated rings. The second kappa shape index (κ2) is 5.39. The van der Waals surface area contributed by atoms with Gasteiger partial charge in [0.25, 0.3) is 0 Å². The predicted octanol–water partition coefficient (Wildman–Crippen LogP) is 2.73. The van der Waals surface area contributed by atoms with Gasteiger partial charge >= 0.3 is 0 Å². The first-order valence-electron chi connectivity index (χ1n) is 5.75. The van der Waals surface area contributed by atoms with E-state index in [0.29, 0.717) is 13.2 Å². The summed E-state index contributed by atoms with van der Waals surface area (Å²) in [5.41, 5.74) is 2.19. The number of nitrogens with zero attached hydrogens (tertiary/aromatic N) is 1. The van der Waals surface area contributed by atoms with Crippen LogP contribution in [0, 0.1) is 6.92 Å². The maximum absolute atomic E-state index is 5.59. The molecule has 4 nitrogen and oxygen atoms in total. The highest BCUT2D eigenvalue weighted by molar-refractivity contribution is 5.57. The Hall–Kier alpha value is -1.97. The van der Waals surface area contributed by atoms with Crippen LogP contribution in [-0.2, 0) is 6.54 Å².